The highest BCUT2D eigenvalue weighted by atomic mass is 16.5. The molecule has 26 heavy (non-hydrogen) atoms. The highest BCUT2D eigenvalue weighted by Gasteiger charge is 2.33. The molecule has 1 saturated heterocycles. The molecule has 0 unspecified atom stereocenters. The molecule has 140 valence electrons. The van der Waals surface area contributed by atoms with E-state index >= 15 is 0 Å². The highest BCUT2D eigenvalue weighted by Crippen LogP contribution is 2.26. The molecule has 1 aliphatic rings. The highest BCUT2D eigenvalue weighted by molar-refractivity contribution is 5.75. The van der Waals surface area contributed by atoms with Crippen LogP contribution in [0.25, 0.3) is 0 Å². The summed E-state index contributed by atoms with van der Waals surface area (Å²) in [6, 6.07) is 2.08. The first kappa shape index (κ1) is 18.1. The summed E-state index contributed by atoms with van der Waals surface area (Å²) in [6.45, 7) is 1.54. The SMILES string of the molecule is CO[C@@H]1C[C@H](CNC(=O)Cn2ccnc2)N(c2cc(N(C)C)ncn2)C1. The maximum atomic E-state index is 12.2. The molecular weight excluding hydrogens is 334 g/mol. The van der Waals surface area contributed by atoms with Crippen LogP contribution in [0.5, 0.6) is 0 Å². The number of anilines is 2. The van der Waals surface area contributed by atoms with Crippen LogP contribution in [0, 0.1) is 0 Å². The number of carbonyl (C=O) groups is 1. The van der Waals surface area contributed by atoms with Crippen molar-refractivity contribution in [2.45, 2.75) is 25.1 Å². The van der Waals surface area contributed by atoms with Gasteiger partial charge in [-0.2, -0.15) is 0 Å². The average molecular weight is 359 g/mol. The number of nitrogens with zero attached hydrogens (tertiary/aromatic N) is 6. The van der Waals surface area contributed by atoms with Crippen molar-refractivity contribution in [2.24, 2.45) is 0 Å². The summed E-state index contributed by atoms with van der Waals surface area (Å²) in [5, 5.41) is 3.01. The Morgan fingerprint density at radius 1 is 1.42 bits per heavy atom. The largest absolute Gasteiger partial charge is 0.380 e. The molecule has 3 rings (SSSR count). The van der Waals surface area contributed by atoms with Crippen LogP contribution in [-0.4, -0.2) is 71.9 Å². The van der Waals surface area contributed by atoms with Gasteiger partial charge in [0.25, 0.3) is 0 Å². The minimum Gasteiger partial charge on any atom is -0.380 e. The predicted octanol–water partition coefficient (Wildman–Crippen LogP) is 0.149. The number of hydrogen-bond donors (Lipinski definition) is 1. The van der Waals surface area contributed by atoms with Gasteiger partial charge in [0.2, 0.25) is 5.91 Å². The number of aromatic nitrogens is 4. The molecule has 0 saturated carbocycles. The van der Waals surface area contributed by atoms with Crippen LogP contribution in [0.2, 0.25) is 0 Å². The van der Waals surface area contributed by atoms with E-state index in [0.29, 0.717) is 6.54 Å². The van der Waals surface area contributed by atoms with Gasteiger partial charge in [-0.25, -0.2) is 15.0 Å². The summed E-state index contributed by atoms with van der Waals surface area (Å²) in [6.07, 6.45) is 7.58. The Labute approximate surface area is 153 Å². The van der Waals surface area contributed by atoms with Gasteiger partial charge in [-0.3, -0.25) is 4.79 Å². The number of rotatable bonds is 7. The molecule has 0 aromatic carbocycles. The van der Waals surface area contributed by atoms with Crippen molar-refractivity contribution in [3.63, 3.8) is 0 Å². The lowest BCUT2D eigenvalue weighted by atomic mass is 10.2. The van der Waals surface area contributed by atoms with E-state index in [1.54, 1.807) is 36.7 Å². The van der Waals surface area contributed by atoms with Crippen LogP contribution in [-0.2, 0) is 16.1 Å². The van der Waals surface area contributed by atoms with Gasteiger partial charge in [0.15, 0.2) is 0 Å². The molecule has 2 atom stereocenters. The maximum absolute atomic E-state index is 12.2. The molecule has 2 aromatic heterocycles. The molecule has 0 aliphatic carbocycles. The Hall–Kier alpha value is -2.68. The zero-order valence-corrected chi connectivity index (χ0v) is 15.4. The standard InChI is InChI=1S/C17H25N7O2/c1-22(2)15-7-16(21-11-20-15)24-9-14(26-3)6-13(24)8-19-17(25)10-23-5-4-18-12-23/h4-5,7,11-14H,6,8-10H2,1-3H3,(H,19,25)/t13-,14-/m1/s1. The second-order valence-corrected chi connectivity index (χ2v) is 6.57. The Kier molecular flexibility index (Phi) is 5.67. The van der Waals surface area contributed by atoms with E-state index < -0.39 is 0 Å². The number of imidazole rings is 1. The molecule has 1 N–H and O–H groups in total. The van der Waals surface area contributed by atoms with E-state index in [1.165, 1.54) is 0 Å². The Bertz CT molecular complexity index is 720. The number of methoxy groups -OCH3 is 1. The maximum Gasteiger partial charge on any atom is 0.240 e. The van der Waals surface area contributed by atoms with Crippen LogP contribution in [0.15, 0.2) is 31.1 Å². The van der Waals surface area contributed by atoms with Crippen molar-refractivity contribution in [1.29, 1.82) is 0 Å². The molecule has 9 nitrogen and oxygen atoms in total. The van der Waals surface area contributed by atoms with Crippen molar-refractivity contribution in [3.05, 3.63) is 31.1 Å². The molecule has 0 spiro atoms. The topological polar surface area (TPSA) is 88.4 Å². The van der Waals surface area contributed by atoms with Gasteiger partial charge in [-0.1, -0.05) is 0 Å². The van der Waals surface area contributed by atoms with Gasteiger partial charge in [-0.05, 0) is 6.42 Å². The first-order chi connectivity index (χ1) is 12.6. The molecule has 0 bridgehead atoms. The van der Waals surface area contributed by atoms with E-state index in [0.717, 1.165) is 24.6 Å². The molecule has 1 amide bonds. The second-order valence-electron chi connectivity index (χ2n) is 6.57. The Morgan fingerprint density at radius 3 is 2.96 bits per heavy atom. The van der Waals surface area contributed by atoms with E-state index in [-0.39, 0.29) is 24.6 Å². The number of ether oxygens (including phenoxy) is 1. The fourth-order valence-electron chi connectivity index (χ4n) is 3.09. The molecule has 3 heterocycles. The van der Waals surface area contributed by atoms with Crippen molar-refractivity contribution in [1.82, 2.24) is 24.8 Å². The van der Waals surface area contributed by atoms with Crippen LogP contribution >= 0.6 is 0 Å². The predicted molar refractivity (Wildman–Crippen MR) is 98.1 cm³/mol. The summed E-state index contributed by atoms with van der Waals surface area (Å²) in [7, 11) is 5.61. The van der Waals surface area contributed by atoms with Gasteiger partial charge < -0.3 is 24.4 Å². The quantitative estimate of drug-likeness (QED) is 0.753. The third kappa shape index (κ3) is 4.29. The molecule has 1 aliphatic heterocycles. The minimum atomic E-state index is -0.0412. The molecular formula is C17H25N7O2. The molecule has 2 aromatic rings. The van der Waals surface area contributed by atoms with Gasteiger partial charge in [0, 0.05) is 52.8 Å². The lowest BCUT2D eigenvalue weighted by molar-refractivity contribution is -0.121. The van der Waals surface area contributed by atoms with Crippen LogP contribution in [0.4, 0.5) is 11.6 Å². The molecule has 1 fully saturated rings. The zero-order valence-electron chi connectivity index (χ0n) is 15.4. The number of amides is 1. The van der Waals surface area contributed by atoms with E-state index in [4.69, 9.17) is 4.74 Å². The Balaban J connectivity index is 1.66. The van der Waals surface area contributed by atoms with Crippen LogP contribution in [0.3, 0.4) is 0 Å². The van der Waals surface area contributed by atoms with Crippen molar-refractivity contribution in [2.75, 3.05) is 44.1 Å². The van der Waals surface area contributed by atoms with E-state index in [9.17, 15) is 4.79 Å². The van der Waals surface area contributed by atoms with Gasteiger partial charge in [0.05, 0.1) is 18.5 Å². The monoisotopic (exact) mass is 359 g/mol. The Morgan fingerprint density at radius 2 is 2.27 bits per heavy atom. The van der Waals surface area contributed by atoms with Crippen molar-refractivity contribution in [3.8, 4) is 0 Å². The van der Waals surface area contributed by atoms with Gasteiger partial charge in [-0.15, -0.1) is 0 Å². The number of nitrogens with one attached hydrogen (secondary N) is 1. The summed E-state index contributed by atoms with van der Waals surface area (Å²) in [5.41, 5.74) is 0. The van der Waals surface area contributed by atoms with Gasteiger partial charge in [0.1, 0.15) is 24.5 Å². The summed E-state index contributed by atoms with van der Waals surface area (Å²) >= 11 is 0. The third-order valence-corrected chi connectivity index (χ3v) is 4.52. The van der Waals surface area contributed by atoms with E-state index in [1.807, 2.05) is 25.1 Å². The van der Waals surface area contributed by atoms with Crippen LogP contribution in [0.1, 0.15) is 6.42 Å². The number of carbonyl (C=O) groups excluding carboxylic acids is 1. The fourth-order valence-corrected chi connectivity index (χ4v) is 3.09. The second kappa shape index (κ2) is 8.13. The van der Waals surface area contributed by atoms with Crippen LogP contribution < -0.4 is 15.1 Å². The smallest absolute Gasteiger partial charge is 0.240 e. The minimum absolute atomic E-state index is 0.0412. The first-order valence-corrected chi connectivity index (χ1v) is 8.58. The summed E-state index contributed by atoms with van der Waals surface area (Å²) < 4.78 is 7.29. The third-order valence-electron chi connectivity index (χ3n) is 4.52. The lowest BCUT2D eigenvalue weighted by Crippen LogP contribution is -2.41. The lowest BCUT2D eigenvalue weighted by Gasteiger charge is -2.26. The van der Waals surface area contributed by atoms with Crippen molar-refractivity contribution < 1.29 is 9.53 Å². The molecule has 0 radical (unpaired) electrons. The summed E-state index contributed by atoms with van der Waals surface area (Å²) in [4.78, 5) is 28.9. The zero-order chi connectivity index (χ0) is 18.5. The molecule has 9 heteroatoms. The summed E-state index contributed by atoms with van der Waals surface area (Å²) in [5.74, 6) is 1.65. The van der Waals surface area contributed by atoms with Crippen molar-refractivity contribution >= 4 is 17.5 Å². The average Bonchev–Trinajstić information content (AvgIpc) is 3.29. The number of hydrogen-bond acceptors (Lipinski definition) is 7. The van der Waals surface area contributed by atoms with Gasteiger partial charge >= 0.3 is 0 Å². The fraction of sp³-hybridized carbons (Fsp3) is 0.529. The normalized spacial score (nSPS) is 19.6. The first-order valence-electron chi connectivity index (χ1n) is 8.58. The van der Waals surface area contributed by atoms with E-state index in [2.05, 4.69) is 25.2 Å².